The van der Waals surface area contributed by atoms with Gasteiger partial charge < -0.3 is 4.74 Å². The van der Waals surface area contributed by atoms with Gasteiger partial charge >= 0.3 is 6.09 Å². The Labute approximate surface area is 159 Å². The zero-order chi connectivity index (χ0) is 19.6. The highest BCUT2D eigenvalue weighted by Crippen LogP contribution is 2.26. The zero-order valence-corrected chi connectivity index (χ0v) is 16.3. The quantitative estimate of drug-likeness (QED) is 0.714. The maximum Gasteiger partial charge on any atom is 0.413 e. The van der Waals surface area contributed by atoms with Gasteiger partial charge in [-0.25, -0.2) is 9.78 Å². The molecule has 1 amide bonds. The SMILES string of the molecule is CCc1cncc(-c2cc3cnc(NC(=O)OC(C)(C)C)cc3cn2)c1C. The number of nitrogens with one attached hydrogen (secondary N) is 1. The van der Waals surface area contributed by atoms with Crippen molar-refractivity contribution in [3.8, 4) is 11.3 Å². The molecule has 3 aromatic heterocycles. The Morgan fingerprint density at radius 3 is 2.48 bits per heavy atom. The van der Waals surface area contributed by atoms with E-state index in [1.54, 1.807) is 18.5 Å². The van der Waals surface area contributed by atoms with Crippen LogP contribution in [0.3, 0.4) is 0 Å². The predicted octanol–water partition coefficient (Wildman–Crippen LogP) is 4.91. The van der Waals surface area contributed by atoms with Gasteiger partial charge in [-0.15, -0.1) is 0 Å². The average molecular weight is 364 g/mol. The van der Waals surface area contributed by atoms with E-state index in [4.69, 9.17) is 4.74 Å². The predicted molar refractivity (Wildman–Crippen MR) is 107 cm³/mol. The third-order valence-electron chi connectivity index (χ3n) is 4.21. The molecule has 0 atom stereocenters. The Bertz CT molecular complexity index is 993. The second-order valence-electron chi connectivity index (χ2n) is 7.44. The molecule has 3 heterocycles. The smallest absolute Gasteiger partial charge is 0.413 e. The topological polar surface area (TPSA) is 77.0 Å². The first-order chi connectivity index (χ1) is 12.8. The summed E-state index contributed by atoms with van der Waals surface area (Å²) in [5.41, 5.74) is 3.72. The Hall–Kier alpha value is -3.02. The fraction of sp³-hybridized carbons (Fsp3) is 0.333. The molecule has 0 spiro atoms. The third-order valence-corrected chi connectivity index (χ3v) is 4.21. The molecule has 3 rings (SSSR count). The van der Waals surface area contributed by atoms with Crippen LogP contribution in [0.4, 0.5) is 10.6 Å². The summed E-state index contributed by atoms with van der Waals surface area (Å²) in [6, 6.07) is 3.77. The summed E-state index contributed by atoms with van der Waals surface area (Å²) < 4.78 is 5.25. The molecule has 0 saturated heterocycles. The maximum atomic E-state index is 11.9. The first kappa shape index (κ1) is 18.8. The number of rotatable bonds is 3. The number of carbonyl (C=O) groups is 1. The summed E-state index contributed by atoms with van der Waals surface area (Å²) in [4.78, 5) is 25.1. The van der Waals surface area contributed by atoms with Crippen molar-refractivity contribution in [3.05, 3.63) is 48.0 Å². The number of nitrogens with zero attached hydrogens (tertiary/aromatic N) is 3. The number of hydrogen-bond acceptors (Lipinski definition) is 5. The van der Waals surface area contributed by atoms with Crippen LogP contribution in [0.25, 0.3) is 22.0 Å². The van der Waals surface area contributed by atoms with Gasteiger partial charge in [0.05, 0.1) is 5.69 Å². The number of pyridine rings is 3. The first-order valence-electron chi connectivity index (χ1n) is 8.96. The van der Waals surface area contributed by atoms with Gasteiger partial charge in [-0.2, -0.15) is 0 Å². The van der Waals surface area contributed by atoms with Crippen molar-refractivity contribution < 1.29 is 9.53 Å². The minimum Gasteiger partial charge on any atom is -0.444 e. The number of carbonyl (C=O) groups excluding carboxylic acids is 1. The van der Waals surface area contributed by atoms with Crippen LogP contribution < -0.4 is 5.32 Å². The van der Waals surface area contributed by atoms with E-state index in [1.165, 1.54) is 11.1 Å². The number of anilines is 1. The molecule has 0 fully saturated rings. The molecule has 3 aromatic rings. The van der Waals surface area contributed by atoms with Gasteiger partial charge in [0, 0.05) is 41.1 Å². The summed E-state index contributed by atoms with van der Waals surface area (Å²) in [5.74, 6) is 0.428. The van der Waals surface area contributed by atoms with Gasteiger partial charge in [0.1, 0.15) is 11.4 Å². The number of aryl methyl sites for hydroxylation is 1. The van der Waals surface area contributed by atoms with Crippen molar-refractivity contribution in [2.45, 2.75) is 46.6 Å². The van der Waals surface area contributed by atoms with Gasteiger partial charge in [0.25, 0.3) is 0 Å². The molecule has 0 bridgehead atoms. The molecule has 0 aromatic carbocycles. The molecule has 6 nitrogen and oxygen atoms in total. The van der Waals surface area contributed by atoms with Gasteiger partial charge in [-0.3, -0.25) is 15.3 Å². The minimum absolute atomic E-state index is 0.428. The lowest BCUT2D eigenvalue weighted by Crippen LogP contribution is -2.27. The van der Waals surface area contributed by atoms with E-state index in [0.29, 0.717) is 5.82 Å². The van der Waals surface area contributed by atoms with E-state index in [-0.39, 0.29) is 0 Å². The molecule has 0 aliphatic heterocycles. The van der Waals surface area contributed by atoms with E-state index in [2.05, 4.69) is 34.1 Å². The Morgan fingerprint density at radius 2 is 1.78 bits per heavy atom. The Kier molecular flexibility index (Phi) is 5.08. The van der Waals surface area contributed by atoms with E-state index in [1.807, 2.05) is 39.2 Å². The van der Waals surface area contributed by atoms with Crippen LogP contribution in [0.15, 0.2) is 36.9 Å². The maximum absolute atomic E-state index is 11.9. The zero-order valence-electron chi connectivity index (χ0n) is 16.3. The Balaban J connectivity index is 1.89. The summed E-state index contributed by atoms with van der Waals surface area (Å²) in [6.07, 6.45) is 7.65. The lowest BCUT2D eigenvalue weighted by molar-refractivity contribution is 0.0635. The van der Waals surface area contributed by atoms with Crippen molar-refractivity contribution in [1.29, 1.82) is 0 Å². The van der Waals surface area contributed by atoms with E-state index in [9.17, 15) is 4.79 Å². The van der Waals surface area contributed by atoms with Crippen molar-refractivity contribution in [1.82, 2.24) is 15.0 Å². The van der Waals surface area contributed by atoms with Gasteiger partial charge in [0.15, 0.2) is 0 Å². The van der Waals surface area contributed by atoms with E-state index < -0.39 is 11.7 Å². The molecule has 0 aliphatic carbocycles. The lowest BCUT2D eigenvalue weighted by Gasteiger charge is -2.19. The van der Waals surface area contributed by atoms with Crippen LogP contribution in [0.2, 0.25) is 0 Å². The van der Waals surface area contributed by atoms with E-state index in [0.717, 1.165) is 28.5 Å². The van der Waals surface area contributed by atoms with Crippen LogP contribution >= 0.6 is 0 Å². The molecule has 140 valence electrons. The Morgan fingerprint density at radius 1 is 1.07 bits per heavy atom. The third kappa shape index (κ3) is 4.39. The number of ether oxygens (including phenoxy) is 1. The second kappa shape index (κ2) is 7.31. The number of hydrogen-bond donors (Lipinski definition) is 1. The fourth-order valence-corrected chi connectivity index (χ4v) is 2.84. The molecular formula is C21H24N4O2. The molecule has 6 heteroatoms. The molecular weight excluding hydrogens is 340 g/mol. The second-order valence-corrected chi connectivity index (χ2v) is 7.44. The summed E-state index contributed by atoms with van der Waals surface area (Å²) in [7, 11) is 0. The highest BCUT2D eigenvalue weighted by molar-refractivity contribution is 5.90. The number of fused-ring (bicyclic) bond motifs is 1. The standard InChI is InChI=1S/C21H24N4O2/c1-6-14-9-22-12-17(13(14)2)18-7-15-11-24-19(8-16(15)10-23-18)25-20(26)27-21(3,4)5/h7-12H,6H2,1-5H3,(H,24,25,26). The summed E-state index contributed by atoms with van der Waals surface area (Å²) in [6.45, 7) is 9.65. The van der Waals surface area contributed by atoms with Crippen LogP contribution in [0.1, 0.15) is 38.8 Å². The van der Waals surface area contributed by atoms with E-state index >= 15 is 0 Å². The molecule has 27 heavy (non-hydrogen) atoms. The van der Waals surface area contributed by atoms with Crippen LogP contribution in [-0.2, 0) is 11.2 Å². The number of amides is 1. The van der Waals surface area contributed by atoms with Crippen molar-refractivity contribution in [2.75, 3.05) is 5.32 Å². The molecule has 1 N–H and O–H groups in total. The van der Waals surface area contributed by atoms with Crippen LogP contribution in [0.5, 0.6) is 0 Å². The molecule has 0 aliphatic rings. The van der Waals surface area contributed by atoms with Crippen molar-refractivity contribution in [3.63, 3.8) is 0 Å². The largest absolute Gasteiger partial charge is 0.444 e. The lowest BCUT2D eigenvalue weighted by atomic mass is 10.0. The van der Waals surface area contributed by atoms with Crippen molar-refractivity contribution >= 4 is 22.7 Å². The van der Waals surface area contributed by atoms with Gasteiger partial charge in [0.2, 0.25) is 0 Å². The molecule has 0 radical (unpaired) electrons. The number of aromatic nitrogens is 3. The average Bonchev–Trinajstić information content (AvgIpc) is 2.60. The molecule has 0 unspecified atom stereocenters. The fourth-order valence-electron chi connectivity index (χ4n) is 2.84. The minimum atomic E-state index is -0.559. The van der Waals surface area contributed by atoms with Gasteiger partial charge in [-0.1, -0.05) is 6.92 Å². The summed E-state index contributed by atoms with van der Waals surface area (Å²) in [5, 5.41) is 4.48. The highest BCUT2D eigenvalue weighted by Gasteiger charge is 2.16. The first-order valence-corrected chi connectivity index (χ1v) is 8.96. The highest BCUT2D eigenvalue weighted by atomic mass is 16.6. The van der Waals surface area contributed by atoms with Gasteiger partial charge in [-0.05, 0) is 57.4 Å². The van der Waals surface area contributed by atoms with Crippen molar-refractivity contribution in [2.24, 2.45) is 0 Å². The van der Waals surface area contributed by atoms with Crippen LogP contribution in [0, 0.1) is 6.92 Å². The van der Waals surface area contributed by atoms with Crippen LogP contribution in [-0.4, -0.2) is 26.6 Å². The summed E-state index contributed by atoms with van der Waals surface area (Å²) >= 11 is 0. The molecule has 0 saturated carbocycles. The normalized spacial score (nSPS) is 11.4. The monoisotopic (exact) mass is 364 g/mol.